The fourth-order valence-electron chi connectivity index (χ4n) is 3.29. The molecule has 0 aliphatic carbocycles. The Balaban J connectivity index is 1.67. The number of carbonyl (C=O) groups excluding carboxylic acids is 1. The third kappa shape index (κ3) is 4.39. The minimum atomic E-state index is -0.0968. The lowest BCUT2D eigenvalue weighted by Gasteiger charge is -2.23. The first-order valence-corrected chi connectivity index (χ1v) is 8.82. The highest BCUT2D eigenvalue weighted by Crippen LogP contribution is 2.18. The van der Waals surface area contributed by atoms with Crippen LogP contribution in [0.5, 0.6) is 5.75 Å². The minimum Gasteiger partial charge on any atom is -0.496 e. The Bertz CT molecular complexity index is 720. The average molecular weight is 342 g/mol. The highest BCUT2D eigenvalue weighted by atomic mass is 16.5. The van der Waals surface area contributed by atoms with Gasteiger partial charge in [0.1, 0.15) is 11.4 Å². The molecule has 0 radical (unpaired) electrons. The van der Waals surface area contributed by atoms with Crippen molar-refractivity contribution in [3.05, 3.63) is 47.3 Å². The second kappa shape index (κ2) is 8.16. The van der Waals surface area contributed by atoms with Crippen molar-refractivity contribution in [3.63, 3.8) is 0 Å². The second-order valence-electron chi connectivity index (χ2n) is 6.54. The topological polar surface area (TPSA) is 68.2 Å². The van der Waals surface area contributed by atoms with Crippen molar-refractivity contribution in [1.29, 1.82) is 0 Å². The van der Waals surface area contributed by atoms with E-state index in [1.54, 1.807) is 7.11 Å². The fraction of sp³-hybridized carbons (Fsp3) is 0.474. The summed E-state index contributed by atoms with van der Waals surface area (Å²) in [4.78, 5) is 12.7. The molecular formula is C19H26N4O2. The molecule has 3 rings (SSSR count). The number of hydrogen-bond acceptors (Lipinski definition) is 4. The molecular weight excluding hydrogens is 316 g/mol. The first-order valence-electron chi connectivity index (χ1n) is 8.82. The van der Waals surface area contributed by atoms with Gasteiger partial charge >= 0.3 is 0 Å². The molecule has 0 atom stereocenters. The molecule has 6 nitrogen and oxygen atoms in total. The van der Waals surface area contributed by atoms with Crippen molar-refractivity contribution in [2.75, 3.05) is 20.2 Å². The third-order valence-corrected chi connectivity index (χ3v) is 4.66. The van der Waals surface area contributed by atoms with Gasteiger partial charge in [-0.05, 0) is 50.9 Å². The number of hydrogen-bond donors (Lipinski definition) is 2. The smallest absolute Gasteiger partial charge is 0.269 e. The molecule has 1 fully saturated rings. The van der Waals surface area contributed by atoms with E-state index < -0.39 is 0 Å². The average Bonchev–Trinajstić information content (AvgIpc) is 3.01. The van der Waals surface area contributed by atoms with Crippen LogP contribution in [0.25, 0.3) is 0 Å². The SMILES string of the molecule is COc1ccccc1CNC(=O)c1cc(C)nn1CC1CCNCC1. The monoisotopic (exact) mass is 342 g/mol. The van der Waals surface area contributed by atoms with Crippen LogP contribution in [-0.4, -0.2) is 35.9 Å². The second-order valence-corrected chi connectivity index (χ2v) is 6.54. The summed E-state index contributed by atoms with van der Waals surface area (Å²) in [6.45, 7) is 5.24. The summed E-state index contributed by atoms with van der Waals surface area (Å²) >= 11 is 0. The lowest BCUT2D eigenvalue weighted by atomic mass is 9.98. The van der Waals surface area contributed by atoms with Gasteiger partial charge in [0.05, 0.1) is 12.8 Å². The quantitative estimate of drug-likeness (QED) is 0.844. The van der Waals surface area contributed by atoms with E-state index in [1.165, 1.54) is 0 Å². The maximum Gasteiger partial charge on any atom is 0.269 e. The van der Waals surface area contributed by atoms with Crippen LogP contribution in [0.15, 0.2) is 30.3 Å². The molecule has 0 saturated carbocycles. The van der Waals surface area contributed by atoms with Crippen molar-refractivity contribution in [2.24, 2.45) is 5.92 Å². The summed E-state index contributed by atoms with van der Waals surface area (Å²) in [6, 6.07) is 9.57. The molecule has 2 heterocycles. The van der Waals surface area contributed by atoms with Crippen LogP contribution >= 0.6 is 0 Å². The zero-order valence-corrected chi connectivity index (χ0v) is 14.9. The van der Waals surface area contributed by atoms with Crippen molar-refractivity contribution >= 4 is 5.91 Å². The molecule has 1 aliphatic rings. The number of nitrogens with zero attached hydrogens (tertiary/aromatic N) is 2. The van der Waals surface area contributed by atoms with Crippen molar-refractivity contribution < 1.29 is 9.53 Å². The Hall–Kier alpha value is -2.34. The predicted molar refractivity (Wildman–Crippen MR) is 96.7 cm³/mol. The molecule has 1 saturated heterocycles. The molecule has 1 aliphatic heterocycles. The maximum absolute atomic E-state index is 12.7. The van der Waals surface area contributed by atoms with E-state index in [0.29, 0.717) is 18.2 Å². The summed E-state index contributed by atoms with van der Waals surface area (Å²) in [5, 5.41) is 10.9. The summed E-state index contributed by atoms with van der Waals surface area (Å²) in [6.07, 6.45) is 2.25. The van der Waals surface area contributed by atoms with Gasteiger partial charge in [0.2, 0.25) is 0 Å². The number of methoxy groups -OCH3 is 1. The number of aryl methyl sites for hydroxylation is 1. The number of aromatic nitrogens is 2. The number of amides is 1. The zero-order valence-electron chi connectivity index (χ0n) is 14.9. The molecule has 0 bridgehead atoms. The number of benzene rings is 1. The van der Waals surface area contributed by atoms with Gasteiger partial charge in [-0.15, -0.1) is 0 Å². The van der Waals surface area contributed by atoms with E-state index in [0.717, 1.165) is 49.5 Å². The van der Waals surface area contributed by atoms with Gasteiger partial charge in [-0.3, -0.25) is 9.48 Å². The van der Waals surface area contributed by atoms with Gasteiger partial charge in [-0.1, -0.05) is 18.2 Å². The molecule has 0 spiro atoms. The van der Waals surface area contributed by atoms with Gasteiger partial charge in [0.15, 0.2) is 0 Å². The normalized spacial score (nSPS) is 15.1. The first-order chi connectivity index (χ1) is 12.2. The number of para-hydroxylation sites is 1. The van der Waals surface area contributed by atoms with Crippen LogP contribution in [0.2, 0.25) is 0 Å². The van der Waals surface area contributed by atoms with Crippen LogP contribution in [0.1, 0.15) is 34.6 Å². The Morgan fingerprint density at radius 1 is 1.36 bits per heavy atom. The van der Waals surface area contributed by atoms with Crippen molar-refractivity contribution in [1.82, 2.24) is 20.4 Å². The fourth-order valence-corrected chi connectivity index (χ4v) is 3.29. The summed E-state index contributed by atoms with van der Waals surface area (Å²) in [5.74, 6) is 1.25. The molecule has 134 valence electrons. The van der Waals surface area contributed by atoms with E-state index in [4.69, 9.17) is 4.74 Å². The first kappa shape index (κ1) is 17.5. The zero-order chi connectivity index (χ0) is 17.6. The summed E-state index contributed by atoms with van der Waals surface area (Å²) in [7, 11) is 1.64. The molecule has 1 amide bonds. The number of piperidine rings is 1. The molecule has 1 aromatic heterocycles. The molecule has 2 N–H and O–H groups in total. The molecule has 25 heavy (non-hydrogen) atoms. The standard InChI is InChI=1S/C19H26N4O2/c1-14-11-17(23(22-14)13-15-7-9-20-10-8-15)19(24)21-12-16-5-3-4-6-18(16)25-2/h3-6,11,15,20H,7-10,12-13H2,1-2H3,(H,21,24). The van der Waals surface area contributed by atoms with Crippen LogP contribution in [-0.2, 0) is 13.1 Å². The summed E-state index contributed by atoms with van der Waals surface area (Å²) < 4.78 is 7.20. The predicted octanol–water partition coefficient (Wildman–Crippen LogP) is 2.13. The molecule has 0 unspecified atom stereocenters. The van der Waals surface area contributed by atoms with Gasteiger partial charge in [0.25, 0.3) is 5.91 Å². The van der Waals surface area contributed by atoms with Crippen LogP contribution in [0.4, 0.5) is 0 Å². The molecule has 6 heteroatoms. The Morgan fingerprint density at radius 2 is 2.12 bits per heavy atom. The number of nitrogens with one attached hydrogen (secondary N) is 2. The minimum absolute atomic E-state index is 0.0968. The van der Waals surface area contributed by atoms with E-state index >= 15 is 0 Å². The molecule has 2 aromatic rings. The Morgan fingerprint density at radius 3 is 2.88 bits per heavy atom. The van der Waals surface area contributed by atoms with Crippen LogP contribution < -0.4 is 15.4 Å². The Labute approximate surface area is 148 Å². The van der Waals surface area contributed by atoms with Gasteiger partial charge in [0, 0.05) is 18.7 Å². The van der Waals surface area contributed by atoms with Crippen molar-refractivity contribution in [3.8, 4) is 5.75 Å². The van der Waals surface area contributed by atoms with E-state index in [2.05, 4.69) is 15.7 Å². The molecule has 1 aromatic carbocycles. The van der Waals surface area contributed by atoms with Crippen LogP contribution in [0.3, 0.4) is 0 Å². The highest BCUT2D eigenvalue weighted by Gasteiger charge is 2.19. The van der Waals surface area contributed by atoms with E-state index in [1.807, 2.05) is 41.9 Å². The van der Waals surface area contributed by atoms with Crippen LogP contribution in [0, 0.1) is 12.8 Å². The third-order valence-electron chi connectivity index (χ3n) is 4.66. The largest absolute Gasteiger partial charge is 0.496 e. The lowest BCUT2D eigenvalue weighted by molar-refractivity contribution is 0.0938. The number of ether oxygens (including phenoxy) is 1. The van der Waals surface area contributed by atoms with E-state index in [-0.39, 0.29) is 5.91 Å². The van der Waals surface area contributed by atoms with Gasteiger partial charge in [-0.25, -0.2) is 0 Å². The maximum atomic E-state index is 12.7. The highest BCUT2D eigenvalue weighted by molar-refractivity contribution is 5.92. The van der Waals surface area contributed by atoms with Gasteiger partial charge < -0.3 is 15.4 Å². The number of carbonyl (C=O) groups is 1. The van der Waals surface area contributed by atoms with Gasteiger partial charge in [-0.2, -0.15) is 5.10 Å². The summed E-state index contributed by atoms with van der Waals surface area (Å²) in [5.41, 5.74) is 2.46. The van der Waals surface area contributed by atoms with Crippen molar-refractivity contribution in [2.45, 2.75) is 32.9 Å². The lowest BCUT2D eigenvalue weighted by Crippen LogP contribution is -2.32. The Kier molecular flexibility index (Phi) is 5.71. The van der Waals surface area contributed by atoms with E-state index in [9.17, 15) is 4.79 Å². The number of rotatable bonds is 6.